The second-order valence-corrected chi connectivity index (χ2v) is 8.58. The van der Waals surface area contributed by atoms with Crippen molar-refractivity contribution in [2.75, 3.05) is 23.0 Å². The lowest BCUT2D eigenvalue weighted by molar-refractivity contribution is -0.387. The lowest BCUT2D eigenvalue weighted by Gasteiger charge is -2.18. The first-order valence-electron chi connectivity index (χ1n) is 7.99. The van der Waals surface area contributed by atoms with Crippen molar-refractivity contribution in [3.05, 3.63) is 57.6 Å². The molecule has 1 atom stereocenters. The molecule has 1 amide bonds. The molecule has 0 radical (unpaired) electrons. The summed E-state index contributed by atoms with van der Waals surface area (Å²) >= 11 is 5.86. The Bertz CT molecular complexity index is 1010. The van der Waals surface area contributed by atoms with Crippen LogP contribution in [0.2, 0.25) is 5.02 Å². The Balaban J connectivity index is 1.83. The van der Waals surface area contributed by atoms with Gasteiger partial charge in [0, 0.05) is 35.3 Å². The summed E-state index contributed by atoms with van der Waals surface area (Å²) in [7, 11) is -3.80. The van der Waals surface area contributed by atoms with Crippen LogP contribution in [-0.2, 0) is 14.6 Å². The number of carbonyl (C=O) groups excluding carboxylic acids is 1. The van der Waals surface area contributed by atoms with Gasteiger partial charge < -0.3 is 10.2 Å². The van der Waals surface area contributed by atoms with E-state index in [2.05, 4.69) is 5.32 Å². The summed E-state index contributed by atoms with van der Waals surface area (Å²) in [5.74, 6) is -0.170. The molecule has 3 rings (SSSR count). The van der Waals surface area contributed by atoms with Crippen LogP contribution in [0.25, 0.3) is 0 Å². The molecule has 8 nitrogen and oxygen atoms in total. The van der Waals surface area contributed by atoms with E-state index >= 15 is 0 Å². The summed E-state index contributed by atoms with van der Waals surface area (Å²) in [5, 5.41) is 14.6. The molecule has 1 aliphatic heterocycles. The SMILES string of the molecule is CS(=O)(=O)c1cc(NC2CCN(c3ccc(Cl)cc3)C2=O)ccc1[N+](=O)[O-]. The maximum Gasteiger partial charge on any atom is 0.288 e. The molecular formula is C17H16ClN3O5S. The zero-order valence-electron chi connectivity index (χ0n) is 14.3. The molecule has 2 aromatic rings. The molecule has 2 aromatic carbocycles. The maximum atomic E-state index is 12.7. The van der Waals surface area contributed by atoms with E-state index in [9.17, 15) is 23.3 Å². The minimum Gasteiger partial charge on any atom is -0.374 e. The number of anilines is 2. The van der Waals surface area contributed by atoms with E-state index < -0.39 is 31.4 Å². The van der Waals surface area contributed by atoms with Gasteiger partial charge in [0.2, 0.25) is 5.91 Å². The van der Waals surface area contributed by atoms with Crippen molar-refractivity contribution >= 4 is 44.4 Å². The van der Waals surface area contributed by atoms with Crippen molar-refractivity contribution in [3.8, 4) is 0 Å². The van der Waals surface area contributed by atoms with Crippen LogP contribution in [-0.4, -0.2) is 38.1 Å². The van der Waals surface area contributed by atoms with Crippen LogP contribution in [0, 0.1) is 10.1 Å². The van der Waals surface area contributed by atoms with Gasteiger partial charge in [-0.1, -0.05) is 11.6 Å². The number of nitro groups is 1. The predicted molar refractivity (Wildman–Crippen MR) is 102 cm³/mol. The maximum absolute atomic E-state index is 12.7. The number of nitro benzene ring substituents is 1. The largest absolute Gasteiger partial charge is 0.374 e. The molecule has 142 valence electrons. The third kappa shape index (κ3) is 4.04. The zero-order chi connectivity index (χ0) is 19.8. The van der Waals surface area contributed by atoms with Crippen LogP contribution in [0.4, 0.5) is 17.1 Å². The first kappa shape index (κ1) is 19.1. The standard InChI is InChI=1S/C17H16ClN3O5S/c1-27(25,26)16-10-12(4-7-15(16)21(23)24)19-14-8-9-20(17(14)22)13-5-2-11(18)3-6-13/h2-7,10,14,19H,8-9H2,1H3. The number of rotatable bonds is 5. The molecule has 1 N–H and O–H groups in total. The third-order valence-corrected chi connectivity index (χ3v) is 5.62. The van der Waals surface area contributed by atoms with Crippen LogP contribution in [0.15, 0.2) is 47.4 Å². The van der Waals surface area contributed by atoms with Crippen LogP contribution >= 0.6 is 11.6 Å². The third-order valence-electron chi connectivity index (χ3n) is 4.24. The average molecular weight is 410 g/mol. The van der Waals surface area contributed by atoms with Gasteiger partial charge in [0.25, 0.3) is 5.69 Å². The van der Waals surface area contributed by atoms with Crippen LogP contribution in [0.5, 0.6) is 0 Å². The topological polar surface area (TPSA) is 110 Å². The molecule has 0 bridgehead atoms. The molecule has 1 aliphatic rings. The van der Waals surface area contributed by atoms with E-state index in [0.717, 1.165) is 12.3 Å². The molecule has 1 heterocycles. The van der Waals surface area contributed by atoms with E-state index in [0.29, 0.717) is 29.4 Å². The first-order chi connectivity index (χ1) is 12.7. The Kier molecular flexibility index (Phi) is 5.07. The highest BCUT2D eigenvalue weighted by molar-refractivity contribution is 7.90. The second kappa shape index (κ2) is 7.16. The van der Waals surface area contributed by atoms with Gasteiger partial charge in [0.15, 0.2) is 9.84 Å². The summed E-state index contributed by atoms with van der Waals surface area (Å²) in [5.41, 5.74) is 0.551. The molecule has 0 aliphatic carbocycles. The van der Waals surface area contributed by atoms with Crippen molar-refractivity contribution in [3.63, 3.8) is 0 Å². The normalized spacial score (nSPS) is 17.2. The van der Waals surface area contributed by atoms with Crippen LogP contribution < -0.4 is 10.2 Å². The summed E-state index contributed by atoms with van der Waals surface area (Å²) in [6, 6.07) is 10.0. The monoisotopic (exact) mass is 409 g/mol. The van der Waals surface area contributed by atoms with Crippen molar-refractivity contribution < 1.29 is 18.1 Å². The van der Waals surface area contributed by atoms with E-state index in [1.54, 1.807) is 29.2 Å². The van der Waals surface area contributed by atoms with Gasteiger partial charge in [-0.2, -0.15) is 0 Å². The molecule has 10 heteroatoms. The average Bonchev–Trinajstić information content (AvgIpc) is 2.95. The quantitative estimate of drug-likeness (QED) is 0.600. The van der Waals surface area contributed by atoms with E-state index in [1.165, 1.54) is 12.1 Å². The lowest BCUT2D eigenvalue weighted by Crippen LogP contribution is -2.33. The zero-order valence-corrected chi connectivity index (χ0v) is 15.8. The van der Waals surface area contributed by atoms with Gasteiger partial charge >= 0.3 is 0 Å². The van der Waals surface area contributed by atoms with Crippen molar-refractivity contribution in [2.24, 2.45) is 0 Å². The number of nitrogens with one attached hydrogen (secondary N) is 1. The van der Waals surface area contributed by atoms with Crippen LogP contribution in [0.1, 0.15) is 6.42 Å². The highest BCUT2D eigenvalue weighted by Crippen LogP contribution is 2.29. The van der Waals surface area contributed by atoms with Gasteiger partial charge in [-0.3, -0.25) is 14.9 Å². The van der Waals surface area contributed by atoms with Gasteiger partial charge in [0.05, 0.1) is 4.92 Å². The smallest absolute Gasteiger partial charge is 0.288 e. The Morgan fingerprint density at radius 3 is 2.48 bits per heavy atom. The molecular weight excluding hydrogens is 394 g/mol. The first-order valence-corrected chi connectivity index (χ1v) is 10.3. The number of sulfone groups is 1. The van der Waals surface area contributed by atoms with Crippen molar-refractivity contribution in [1.82, 2.24) is 0 Å². The van der Waals surface area contributed by atoms with Gasteiger partial charge in [0.1, 0.15) is 10.9 Å². The van der Waals surface area contributed by atoms with Gasteiger partial charge in [-0.05, 0) is 42.8 Å². The van der Waals surface area contributed by atoms with Gasteiger partial charge in [-0.25, -0.2) is 8.42 Å². The molecule has 1 unspecified atom stereocenters. The minimum atomic E-state index is -3.80. The van der Waals surface area contributed by atoms with E-state index in [1.807, 2.05) is 0 Å². The fraction of sp³-hybridized carbons (Fsp3) is 0.235. The lowest BCUT2D eigenvalue weighted by atomic mass is 10.2. The summed E-state index contributed by atoms with van der Waals surface area (Å²) in [6.45, 7) is 0.490. The van der Waals surface area contributed by atoms with E-state index in [4.69, 9.17) is 11.6 Å². The number of hydrogen-bond donors (Lipinski definition) is 1. The summed E-state index contributed by atoms with van der Waals surface area (Å²) in [4.78, 5) is 24.2. The number of carbonyl (C=O) groups is 1. The number of nitrogens with zero attached hydrogens (tertiary/aromatic N) is 2. The van der Waals surface area contributed by atoms with E-state index in [-0.39, 0.29) is 5.91 Å². The Morgan fingerprint density at radius 2 is 1.89 bits per heavy atom. The number of amides is 1. The molecule has 27 heavy (non-hydrogen) atoms. The molecule has 0 aromatic heterocycles. The Hall–Kier alpha value is -2.65. The Labute approximate surface area is 160 Å². The highest BCUT2D eigenvalue weighted by atomic mass is 35.5. The summed E-state index contributed by atoms with van der Waals surface area (Å²) < 4.78 is 23.7. The molecule has 1 saturated heterocycles. The fourth-order valence-electron chi connectivity index (χ4n) is 2.94. The van der Waals surface area contributed by atoms with Crippen LogP contribution in [0.3, 0.4) is 0 Å². The number of hydrogen-bond acceptors (Lipinski definition) is 6. The fourth-order valence-corrected chi connectivity index (χ4v) is 3.93. The predicted octanol–water partition coefficient (Wildman–Crippen LogP) is 2.87. The Morgan fingerprint density at radius 1 is 1.22 bits per heavy atom. The minimum absolute atomic E-state index is 0.170. The highest BCUT2D eigenvalue weighted by Gasteiger charge is 2.33. The second-order valence-electron chi connectivity index (χ2n) is 6.16. The molecule has 1 fully saturated rings. The molecule has 0 spiro atoms. The number of halogens is 1. The molecule has 0 saturated carbocycles. The summed E-state index contributed by atoms with van der Waals surface area (Å²) in [6.07, 6.45) is 1.41. The van der Waals surface area contributed by atoms with Crippen molar-refractivity contribution in [2.45, 2.75) is 17.4 Å². The number of benzene rings is 2. The van der Waals surface area contributed by atoms with Crippen molar-refractivity contribution in [1.29, 1.82) is 0 Å². The van der Waals surface area contributed by atoms with Gasteiger partial charge in [-0.15, -0.1) is 0 Å².